The Morgan fingerprint density at radius 2 is 1.77 bits per heavy atom. The van der Waals surface area contributed by atoms with Crippen molar-refractivity contribution in [1.82, 2.24) is 4.90 Å². The van der Waals surface area contributed by atoms with E-state index in [-0.39, 0.29) is 40.0 Å². The third-order valence-electron chi connectivity index (χ3n) is 6.02. The Kier molecular flexibility index (Phi) is 8.99. The van der Waals surface area contributed by atoms with Gasteiger partial charge in [0.1, 0.15) is 23.9 Å². The van der Waals surface area contributed by atoms with Gasteiger partial charge >= 0.3 is 5.97 Å². The van der Waals surface area contributed by atoms with Gasteiger partial charge in [-0.3, -0.25) is 14.5 Å². The second-order valence-corrected chi connectivity index (χ2v) is 10.6. The summed E-state index contributed by atoms with van der Waals surface area (Å²) in [5.41, 5.74) is 3.08. The van der Waals surface area contributed by atoms with Crippen LogP contribution >= 0.6 is 23.4 Å². The number of hydrogen-bond acceptors (Lipinski definition) is 7. The fourth-order valence-corrected chi connectivity index (χ4v) is 5.00. The van der Waals surface area contributed by atoms with Gasteiger partial charge in [-0.25, -0.2) is 4.79 Å². The molecule has 0 spiro atoms. The first-order chi connectivity index (χ1) is 18.7. The number of rotatable bonds is 9. The Morgan fingerprint density at radius 3 is 2.44 bits per heavy atom. The molecule has 39 heavy (non-hydrogen) atoms. The summed E-state index contributed by atoms with van der Waals surface area (Å²) in [5.74, 6) is 0.879. The predicted octanol–water partition coefficient (Wildman–Crippen LogP) is 7.11. The van der Waals surface area contributed by atoms with E-state index in [1.807, 2.05) is 25.1 Å². The number of imide groups is 1. The van der Waals surface area contributed by atoms with Crippen molar-refractivity contribution in [2.45, 2.75) is 26.7 Å². The van der Waals surface area contributed by atoms with E-state index in [4.69, 9.17) is 25.8 Å². The van der Waals surface area contributed by atoms with Crippen LogP contribution in [0, 0.1) is 6.92 Å². The number of carbonyl (C=O) groups is 3. The highest BCUT2D eigenvalue weighted by Gasteiger charge is 2.35. The van der Waals surface area contributed by atoms with Crippen molar-refractivity contribution in [3.63, 3.8) is 0 Å². The van der Waals surface area contributed by atoms with Crippen molar-refractivity contribution in [3.8, 4) is 17.2 Å². The number of carbonyl (C=O) groups excluding carboxylic acids is 3. The lowest BCUT2D eigenvalue weighted by molar-refractivity contribution is -0.123. The van der Waals surface area contributed by atoms with Gasteiger partial charge in [-0.2, -0.15) is 0 Å². The molecular weight excluding hydrogens is 538 g/mol. The molecule has 0 atom stereocenters. The number of benzene rings is 3. The van der Waals surface area contributed by atoms with Crippen LogP contribution < -0.4 is 14.2 Å². The second kappa shape index (κ2) is 12.4. The van der Waals surface area contributed by atoms with Crippen LogP contribution in [0.1, 0.15) is 46.8 Å². The monoisotopic (exact) mass is 565 g/mol. The van der Waals surface area contributed by atoms with E-state index in [1.165, 1.54) is 4.90 Å². The van der Waals surface area contributed by atoms with Crippen LogP contribution in [0.25, 0.3) is 6.08 Å². The van der Waals surface area contributed by atoms with Gasteiger partial charge in [0.15, 0.2) is 0 Å². The van der Waals surface area contributed by atoms with Crippen LogP contribution in [0.4, 0.5) is 4.79 Å². The molecular formula is C30H28ClNO6S. The van der Waals surface area contributed by atoms with Crippen LogP contribution in [0.15, 0.2) is 65.6 Å². The molecule has 1 aliphatic rings. The van der Waals surface area contributed by atoms with E-state index < -0.39 is 11.9 Å². The minimum absolute atomic E-state index is 0.133. The highest BCUT2D eigenvalue weighted by Crippen LogP contribution is 2.34. The number of nitrogens with zero attached hydrogens (tertiary/aromatic N) is 1. The van der Waals surface area contributed by atoms with E-state index in [9.17, 15) is 14.4 Å². The lowest BCUT2D eigenvalue weighted by Crippen LogP contribution is -2.32. The van der Waals surface area contributed by atoms with Gasteiger partial charge in [-0.1, -0.05) is 43.6 Å². The largest absolute Gasteiger partial charge is 0.497 e. The molecule has 0 saturated carbocycles. The van der Waals surface area contributed by atoms with Crippen molar-refractivity contribution in [1.29, 1.82) is 0 Å². The molecule has 9 heteroatoms. The number of hydrogen-bond donors (Lipinski definition) is 0. The number of aryl methyl sites for hydroxylation is 1. The summed E-state index contributed by atoms with van der Waals surface area (Å²) in [6.07, 6.45) is 1.59. The SMILES string of the molecule is COc1ccc(C(=O)Oc2ccc(/C=C3\SC(=O)N(CCOc4cc(C)ccc4C(C)C)C3=O)cc2Cl)cc1. The average molecular weight is 566 g/mol. The first kappa shape index (κ1) is 28.3. The Morgan fingerprint density at radius 1 is 1.03 bits per heavy atom. The Labute approximate surface area is 236 Å². The average Bonchev–Trinajstić information content (AvgIpc) is 3.17. The van der Waals surface area contributed by atoms with E-state index >= 15 is 0 Å². The maximum Gasteiger partial charge on any atom is 0.343 e. The quantitative estimate of drug-likeness (QED) is 0.155. The zero-order valence-corrected chi connectivity index (χ0v) is 23.6. The number of thioether (sulfide) groups is 1. The second-order valence-electron chi connectivity index (χ2n) is 9.19. The molecule has 0 aromatic heterocycles. The number of amides is 2. The van der Waals surface area contributed by atoms with Gasteiger partial charge in [0.05, 0.1) is 29.1 Å². The lowest BCUT2D eigenvalue weighted by Gasteiger charge is -2.17. The Balaban J connectivity index is 1.39. The van der Waals surface area contributed by atoms with Crippen LogP contribution in [0.2, 0.25) is 5.02 Å². The lowest BCUT2D eigenvalue weighted by atomic mass is 10.0. The highest BCUT2D eigenvalue weighted by atomic mass is 35.5. The fraction of sp³-hybridized carbons (Fsp3) is 0.233. The molecule has 1 heterocycles. The van der Waals surface area contributed by atoms with Crippen molar-refractivity contribution < 1.29 is 28.6 Å². The maximum absolute atomic E-state index is 12.9. The molecule has 2 amide bonds. The number of methoxy groups -OCH3 is 1. The summed E-state index contributed by atoms with van der Waals surface area (Å²) >= 11 is 7.21. The Hall–Kier alpha value is -3.75. The summed E-state index contributed by atoms with van der Waals surface area (Å²) in [7, 11) is 1.54. The fourth-order valence-electron chi connectivity index (χ4n) is 3.91. The molecule has 3 aromatic carbocycles. The van der Waals surface area contributed by atoms with Gasteiger partial charge in [-0.05, 0) is 89.8 Å². The molecule has 0 aliphatic carbocycles. The van der Waals surface area contributed by atoms with Crippen molar-refractivity contribution >= 4 is 46.6 Å². The van der Waals surface area contributed by atoms with Crippen molar-refractivity contribution in [3.05, 3.63) is 92.8 Å². The minimum atomic E-state index is -0.568. The highest BCUT2D eigenvalue weighted by molar-refractivity contribution is 8.18. The predicted molar refractivity (Wildman–Crippen MR) is 153 cm³/mol. The van der Waals surface area contributed by atoms with Crippen LogP contribution in [-0.4, -0.2) is 42.3 Å². The minimum Gasteiger partial charge on any atom is -0.497 e. The van der Waals surface area contributed by atoms with Gasteiger partial charge in [0.25, 0.3) is 11.1 Å². The zero-order valence-electron chi connectivity index (χ0n) is 22.0. The van der Waals surface area contributed by atoms with Crippen LogP contribution in [0.3, 0.4) is 0 Å². The summed E-state index contributed by atoms with van der Waals surface area (Å²) in [5, 5.41) is -0.170. The number of esters is 1. The van der Waals surface area contributed by atoms with Crippen LogP contribution in [-0.2, 0) is 4.79 Å². The van der Waals surface area contributed by atoms with Gasteiger partial charge in [0, 0.05) is 0 Å². The molecule has 0 unspecified atom stereocenters. The first-order valence-electron chi connectivity index (χ1n) is 12.3. The van der Waals surface area contributed by atoms with Gasteiger partial charge in [-0.15, -0.1) is 0 Å². The normalized spacial score (nSPS) is 14.3. The molecule has 1 aliphatic heterocycles. The number of halogens is 1. The summed E-state index contributed by atoms with van der Waals surface area (Å²) in [4.78, 5) is 39.4. The first-order valence-corrected chi connectivity index (χ1v) is 13.5. The molecule has 0 radical (unpaired) electrons. The maximum atomic E-state index is 12.9. The standard InChI is InChI=1S/C30H28ClNO6S/c1-18(2)23-11-5-19(3)15-26(23)37-14-13-32-28(33)27(39-30(32)35)17-20-6-12-25(24(31)16-20)38-29(34)21-7-9-22(36-4)10-8-21/h5-12,15-18H,13-14H2,1-4H3/b27-17-. The summed E-state index contributed by atoms with van der Waals surface area (Å²) in [6, 6.07) is 17.3. The van der Waals surface area contributed by atoms with Gasteiger partial charge < -0.3 is 14.2 Å². The third-order valence-corrected chi connectivity index (χ3v) is 7.22. The van der Waals surface area contributed by atoms with Crippen molar-refractivity contribution in [2.24, 2.45) is 0 Å². The summed E-state index contributed by atoms with van der Waals surface area (Å²) < 4.78 is 16.5. The van der Waals surface area contributed by atoms with Crippen LogP contribution in [0.5, 0.6) is 17.2 Å². The van der Waals surface area contributed by atoms with Crippen molar-refractivity contribution in [2.75, 3.05) is 20.3 Å². The zero-order chi connectivity index (χ0) is 28.1. The van der Waals surface area contributed by atoms with E-state index in [0.29, 0.717) is 16.9 Å². The molecule has 1 fully saturated rings. The molecule has 1 saturated heterocycles. The molecule has 4 rings (SSSR count). The molecule has 0 bridgehead atoms. The van der Waals surface area contributed by atoms with Gasteiger partial charge in [0.2, 0.25) is 0 Å². The van der Waals surface area contributed by atoms with E-state index in [2.05, 4.69) is 13.8 Å². The molecule has 7 nitrogen and oxygen atoms in total. The molecule has 202 valence electrons. The van der Waals surface area contributed by atoms with E-state index in [1.54, 1.807) is 55.7 Å². The van der Waals surface area contributed by atoms with E-state index in [0.717, 1.165) is 28.6 Å². The topological polar surface area (TPSA) is 82.1 Å². The third kappa shape index (κ3) is 6.82. The number of ether oxygens (including phenoxy) is 3. The Bertz CT molecular complexity index is 1430. The molecule has 0 N–H and O–H groups in total. The molecule has 3 aromatic rings. The summed E-state index contributed by atoms with van der Waals surface area (Å²) in [6.45, 7) is 6.48. The smallest absolute Gasteiger partial charge is 0.343 e.